The molecule has 1 aromatic rings. The number of hydrogen-bond donors (Lipinski definition) is 0. The van der Waals surface area contributed by atoms with Crippen molar-refractivity contribution >= 4 is 33.3 Å². The quantitative estimate of drug-likeness (QED) is 0.632. The summed E-state index contributed by atoms with van der Waals surface area (Å²) in [4.78, 5) is 26.6. The first-order valence-electron chi connectivity index (χ1n) is 8.70. The van der Waals surface area contributed by atoms with Gasteiger partial charge in [-0.1, -0.05) is 18.5 Å². The number of carbonyl (C=O) groups excluding carboxylic acids is 2. The van der Waals surface area contributed by atoms with E-state index in [4.69, 9.17) is 21.1 Å². The molecule has 0 N–H and O–H groups in total. The molecule has 0 saturated carbocycles. The molecule has 0 bridgehead atoms. The van der Waals surface area contributed by atoms with Gasteiger partial charge < -0.3 is 14.4 Å². The second-order valence-corrected chi connectivity index (χ2v) is 9.20. The summed E-state index contributed by atoms with van der Waals surface area (Å²) in [5, 5.41) is 0.339. The Morgan fingerprint density at radius 1 is 1.37 bits per heavy atom. The highest BCUT2D eigenvalue weighted by Crippen LogP contribution is 2.24. The van der Waals surface area contributed by atoms with Crippen LogP contribution < -0.4 is 4.74 Å². The van der Waals surface area contributed by atoms with Crippen LogP contribution in [0.4, 0.5) is 0 Å². The fourth-order valence-corrected chi connectivity index (χ4v) is 5.00. The van der Waals surface area contributed by atoms with Crippen molar-refractivity contribution in [3.8, 4) is 5.75 Å². The lowest BCUT2D eigenvalue weighted by Crippen LogP contribution is -2.48. The number of amides is 1. The van der Waals surface area contributed by atoms with Gasteiger partial charge in [0.05, 0.1) is 18.6 Å². The molecule has 1 heterocycles. The number of hydrogen-bond acceptors (Lipinski definition) is 6. The summed E-state index contributed by atoms with van der Waals surface area (Å²) in [5.74, 6) is -0.847. The van der Waals surface area contributed by atoms with E-state index in [1.165, 1.54) is 24.1 Å². The predicted octanol–water partition coefficient (Wildman–Crippen LogP) is 2.32. The molecular weight excluding hydrogens is 394 g/mol. The third-order valence-corrected chi connectivity index (χ3v) is 6.65. The van der Waals surface area contributed by atoms with Gasteiger partial charge in [-0.15, -0.1) is 0 Å². The fraction of sp³-hybridized carbons (Fsp3) is 0.556. The minimum atomic E-state index is -3.14. The third-order valence-electron chi connectivity index (χ3n) is 4.66. The van der Waals surface area contributed by atoms with Crippen molar-refractivity contribution in [1.29, 1.82) is 0 Å². The van der Waals surface area contributed by atoms with Crippen LogP contribution in [0, 0.1) is 0 Å². The monoisotopic (exact) mass is 417 g/mol. The number of esters is 1. The second kappa shape index (κ2) is 8.93. The van der Waals surface area contributed by atoms with Gasteiger partial charge in [0, 0.05) is 17.1 Å². The summed E-state index contributed by atoms with van der Waals surface area (Å²) >= 11 is 5.91. The fourth-order valence-electron chi connectivity index (χ4n) is 3.12. The molecule has 1 saturated heterocycles. The Bertz CT molecular complexity index is 810. The maximum atomic E-state index is 12.7. The number of methoxy groups -OCH3 is 1. The van der Waals surface area contributed by atoms with Crippen molar-refractivity contribution < 1.29 is 27.5 Å². The summed E-state index contributed by atoms with van der Waals surface area (Å²) in [6.07, 6.45) is 1.06. The van der Waals surface area contributed by atoms with Gasteiger partial charge in [0.25, 0.3) is 5.91 Å². The molecule has 2 rings (SSSR count). The van der Waals surface area contributed by atoms with Gasteiger partial charge in [0.2, 0.25) is 0 Å². The standard InChI is InChI=1S/C18H24ClNO6S/c1-4-12(2)20(14-7-8-27(23,24)11-14)17(21)10-26-18(22)15-9-13(19)5-6-16(15)25-3/h5-6,9,12,14H,4,7-8,10-11H2,1-3H3/t12-,14-/m1/s1. The predicted molar refractivity (Wildman–Crippen MR) is 102 cm³/mol. The van der Waals surface area contributed by atoms with Crippen LogP contribution in [0.2, 0.25) is 5.02 Å². The zero-order chi connectivity index (χ0) is 20.2. The molecule has 0 radical (unpaired) electrons. The van der Waals surface area contributed by atoms with Crippen LogP contribution in [-0.4, -0.2) is 62.5 Å². The topological polar surface area (TPSA) is 90.0 Å². The Labute approximate surface area is 164 Å². The number of benzene rings is 1. The normalized spacial score (nSPS) is 19.3. The first-order valence-corrected chi connectivity index (χ1v) is 10.9. The lowest BCUT2D eigenvalue weighted by molar-refractivity contribution is -0.138. The molecule has 0 spiro atoms. The highest BCUT2D eigenvalue weighted by atomic mass is 35.5. The number of carbonyl (C=O) groups is 2. The Morgan fingerprint density at radius 2 is 2.07 bits per heavy atom. The van der Waals surface area contributed by atoms with Crippen molar-refractivity contribution in [3.05, 3.63) is 28.8 Å². The highest BCUT2D eigenvalue weighted by molar-refractivity contribution is 7.91. The average Bonchev–Trinajstić information content (AvgIpc) is 2.98. The molecule has 150 valence electrons. The molecule has 0 aromatic heterocycles. The molecule has 0 unspecified atom stereocenters. The molecule has 2 atom stereocenters. The van der Waals surface area contributed by atoms with E-state index in [9.17, 15) is 18.0 Å². The van der Waals surface area contributed by atoms with Crippen LogP contribution in [0.3, 0.4) is 0 Å². The van der Waals surface area contributed by atoms with Gasteiger partial charge in [-0.25, -0.2) is 13.2 Å². The summed E-state index contributed by atoms with van der Waals surface area (Å²) < 4.78 is 33.8. The molecule has 1 aliphatic heterocycles. The molecule has 1 amide bonds. The SMILES string of the molecule is CC[C@@H](C)N(C(=O)COC(=O)c1cc(Cl)ccc1OC)[C@@H]1CCS(=O)(=O)C1. The largest absolute Gasteiger partial charge is 0.496 e. The van der Waals surface area contributed by atoms with E-state index in [1.807, 2.05) is 13.8 Å². The third kappa shape index (κ3) is 5.35. The highest BCUT2D eigenvalue weighted by Gasteiger charge is 2.36. The Morgan fingerprint density at radius 3 is 2.63 bits per heavy atom. The van der Waals surface area contributed by atoms with E-state index in [0.29, 0.717) is 17.9 Å². The Hall–Kier alpha value is -1.80. The summed E-state index contributed by atoms with van der Waals surface area (Å²) in [6, 6.07) is 3.97. The minimum Gasteiger partial charge on any atom is -0.496 e. The minimum absolute atomic E-state index is 0.0564. The van der Waals surface area contributed by atoms with Crippen LogP contribution in [0.1, 0.15) is 37.0 Å². The number of sulfone groups is 1. The molecule has 1 fully saturated rings. The molecule has 7 nitrogen and oxygen atoms in total. The molecular formula is C18H24ClNO6S. The van der Waals surface area contributed by atoms with E-state index in [1.54, 1.807) is 6.07 Å². The van der Waals surface area contributed by atoms with Crippen LogP contribution >= 0.6 is 11.6 Å². The summed E-state index contributed by atoms with van der Waals surface area (Å²) in [6.45, 7) is 3.29. The van der Waals surface area contributed by atoms with E-state index in [0.717, 1.165) is 0 Å². The van der Waals surface area contributed by atoms with E-state index in [2.05, 4.69) is 0 Å². The lowest BCUT2D eigenvalue weighted by atomic mass is 10.1. The molecule has 0 aliphatic carbocycles. The number of nitrogens with zero attached hydrogens (tertiary/aromatic N) is 1. The smallest absolute Gasteiger partial charge is 0.342 e. The van der Waals surface area contributed by atoms with Gasteiger partial charge >= 0.3 is 5.97 Å². The van der Waals surface area contributed by atoms with Gasteiger partial charge in [-0.2, -0.15) is 0 Å². The zero-order valence-corrected chi connectivity index (χ0v) is 17.2. The first-order chi connectivity index (χ1) is 12.7. The van der Waals surface area contributed by atoms with E-state index >= 15 is 0 Å². The van der Waals surface area contributed by atoms with Crippen LogP contribution in [-0.2, 0) is 19.4 Å². The maximum absolute atomic E-state index is 12.7. The molecule has 27 heavy (non-hydrogen) atoms. The van der Waals surface area contributed by atoms with E-state index < -0.39 is 34.4 Å². The van der Waals surface area contributed by atoms with Crippen LogP contribution in [0.15, 0.2) is 18.2 Å². The van der Waals surface area contributed by atoms with Crippen LogP contribution in [0.25, 0.3) is 0 Å². The van der Waals surface area contributed by atoms with Crippen molar-refractivity contribution in [2.24, 2.45) is 0 Å². The van der Waals surface area contributed by atoms with Crippen molar-refractivity contribution in [3.63, 3.8) is 0 Å². The number of halogens is 1. The molecule has 9 heteroatoms. The Balaban J connectivity index is 2.09. The second-order valence-electron chi connectivity index (χ2n) is 6.54. The molecule has 1 aliphatic rings. The Kier molecular flexibility index (Phi) is 7.11. The van der Waals surface area contributed by atoms with Gasteiger partial charge in [-0.05, 0) is 38.0 Å². The van der Waals surface area contributed by atoms with Crippen molar-refractivity contribution in [2.75, 3.05) is 25.2 Å². The first kappa shape index (κ1) is 21.5. The summed E-state index contributed by atoms with van der Waals surface area (Å²) in [5.41, 5.74) is 0.122. The maximum Gasteiger partial charge on any atom is 0.342 e. The molecule has 1 aromatic carbocycles. The van der Waals surface area contributed by atoms with Crippen LogP contribution in [0.5, 0.6) is 5.75 Å². The number of ether oxygens (including phenoxy) is 2. The van der Waals surface area contributed by atoms with Crippen molar-refractivity contribution in [1.82, 2.24) is 4.90 Å². The lowest BCUT2D eigenvalue weighted by Gasteiger charge is -2.33. The van der Waals surface area contributed by atoms with Gasteiger partial charge in [0.1, 0.15) is 11.3 Å². The van der Waals surface area contributed by atoms with Gasteiger partial charge in [-0.3, -0.25) is 4.79 Å². The number of rotatable bonds is 7. The average molecular weight is 418 g/mol. The zero-order valence-electron chi connectivity index (χ0n) is 15.6. The van der Waals surface area contributed by atoms with E-state index in [-0.39, 0.29) is 28.9 Å². The van der Waals surface area contributed by atoms with Gasteiger partial charge in [0.15, 0.2) is 16.4 Å². The van der Waals surface area contributed by atoms with Crippen molar-refractivity contribution in [2.45, 2.75) is 38.8 Å². The summed E-state index contributed by atoms with van der Waals surface area (Å²) in [7, 11) is -1.72.